The molecule has 2 aromatic rings. The van der Waals surface area contributed by atoms with Gasteiger partial charge in [-0.1, -0.05) is 6.07 Å². The molecular weight excluding hydrogens is 324 g/mol. The molecule has 1 aromatic heterocycles. The summed E-state index contributed by atoms with van der Waals surface area (Å²) in [5, 5.41) is 11.8. The first-order valence-electron chi connectivity index (χ1n) is 7.92. The molecule has 3 rings (SSSR count). The molecule has 0 unspecified atom stereocenters. The molecule has 0 fully saturated rings. The molecule has 0 spiro atoms. The molecule has 1 aliphatic rings. The predicted molar refractivity (Wildman–Crippen MR) is 89.4 cm³/mol. The lowest BCUT2D eigenvalue weighted by Gasteiger charge is -2.18. The first-order chi connectivity index (χ1) is 12.0. The first-order valence-corrected chi connectivity index (χ1v) is 7.92. The average Bonchev–Trinajstić information content (AvgIpc) is 2.61. The van der Waals surface area contributed by atoms with Gasteiger partial charge in [-0.05, 0) is 43.2 Å². The molecule has 0 aliphatic carbocycles. The number of hydrogen-bond donors (Lipinski definition) is 2. The third-order valence-corrected chi connectivity index (χ3v) is 3.85. The number of fused-ring (bicyclic) bond motifs is 1. The van der Waals surface area contributed by atoms with E-state index in [-0.39, 0.29) is 17.2 Å². The number of carbonyl (C=O) groups is 2. The highest BCUT2D eigenvalue weighted by atomic mass is 16.6. The summed E-state index contributed by atoms with van der Waals surface area (Å²) in [5.41, 5.74) is 1.62. The van der Waals surface area contributed by atoms with Crippen LogP contribution in [0.1, 0.15) is 32.1 Å². The second-order valence-electron chi connectivity index (χ2n) is 5.62. The summed E-state index contributed by atoms with van der Waals surface area (Å²) in [4.78, 5) is 27.2. The van der Waals surface area contributed by atoms with Crippen molar-refractivity contribution >= 4 is 11.9 Å². The zero-order chi connectivity index (χ0) is 17.8. The van der Waals surface area contributed by atoms with E-state index in [1.807, 2.05) is 18.2 Å². The van der Waals surface area contributed by atoms with E-state index in [4.69, 9.17) is 14.6 Å². The van der Waals surface area contributed by atoms with Crippen molar-refractivity contribution in [3.05, 3.63) is 52.8 Å². The number of carbonyl (C=O) groups excluding carboxylic acids is 1. The summed E-state index contributed by atoms with van der Waals surface area (Å²) >= 11 is 0. The van der Waals surface area contributed by atoms with Crippen LogP contribution < -0.4 is 14.8 Å². The SMILES string of the molecule is Cc1nc(C(=O)NCCc2ccc3c(c2)OCCO3)ccc1C(=O)O. The number of carboxylic acid groups (broad SMARTS) is 1. The van der Waals surface area contributed by atoms with E-state index in [0.717, 1.165) is 17.1 Å². The number of aromatic nitrogens is 1. The molecule has 2 N–H and O–H groups in total. The van der Waals surface area contributed by atoms with Crippen LogP contribution in [0.4, 0.5) is 0 Å². The second kappa shape index (κ2) is 7.21. The van der Waals surface area contributed by atoms with Crippen molar-refractivity contribution in [2.45, 2.75) is 13.3 Å². The fourth-order valence-corrected chi connectivity index (χ4v) is 2.57. The van der Waals surface area contributed by atoms with Crippen LogP contribution in [0.15, 0.2) is 30.3 Å². The first kappa shape index (κ1) is 16.8. The molecule has 0 radical (unpaired) electrons. The maximum Gasteiger partial charge on any atom is 0.337 e. The maximum atomic E-state index is 12.1. The third kappa shape index (κ3) is 3.88. The van der Waals surface area contributed by atoms with Crippen LogP contribution in [-0.2, 0) is 6.42 Å². The van der Waals surface area contributed by atoms with Crippen LogP contribution in [0.5, 0.6) is 11.5 Å². The molecule has 2 heterocycles. The normalized spacial score (nSPS) is 12.5. The minimum Gasteiger partial charge on any atom is -0.486 e. The molecule has 1 aliphatic heterocycles. The molecule has 0 saturated heterocycles. The van der Waals surface area contributed by atoms with E-state index in [1.54, 1.807) is 6.92 Å². The monoisotopic (exact) mass is 342 g/mol. The predicted octanol–water partition coefficient (Wildman–Crippen LogP) is 1.83. The van der Waals surface area contributed by atoms with Crippen molar-refractivity contribution in [2.24, 2.45) is 0 Å². The molecular formula is C18H18N2O5. The number of nitrogens with one attached hydrogen (secondary N) is 1. The van der Waals surface area contributed by atoms with Crippen LogP contribution in [0.2, 0.25) is 0 Å². The Balaban J connectivity index is 1.57. The summed E-state index contributed by atoms with van der Waals surface area (Å²) in [7, 11) is 0. The number of carboxylic acids is 1. The minimum absolute atomic E-state index is 0.0906. The van der Waals surface area contributed by atoms with E-state index in [9.17, 15) is 9.59 Å². The largest absolute Gasteiger partial charge is 0.486 e. The lowest BCUT2D eigenvalue weighted by atomic mass is 10.1. The van der Waals surface area contributed by atoms with Crippen molar-refractivity contribution in [3.8, 4) is 11.5 Å². The molecule has 1 amide bonds. The molecule has 0 saturated carbocycles. The van der Waals surface area contributed by atoms with Crippen molar-refractivity contribution in [1.82, 2.24) is 10.3 Å². The Labute approximate surface area is 144 Å². The quantitative estimate of drug-likeness (QED) is 0.860. The highest BCUT2D eigenvalue weighted by molar-refractivity contribution is 5.94. The lowest BCUT2D eigenvalue weighted by molar-refractivity contribution is 0.0694. The van der Waals surface area contributed by atoms with Gasteiger partial charge in [-0.25, -0.2) is 9.78 Å². The summed E-state index contributed by atoms with van der Waals surface area (Å²) in [6.07, 6.45) is 0.634. The third-order valence-electron chi connectivity index (χ3n) is 3.85. The number of ether oxygens (including phenoxy) is 2. The Morgan fingerprint density at radius 1 is 1.16 bits per heavy atom. The summed E-state index contributed by atoms with van der Waals surface area (Å²) in [6.45, 7) is 3.08. The van der Waals surface area contributed by atoms with Crippen LogP contribution in [0.3, 0.4) is 0 Å². The van der Waals surface area contributed by atoms with Crippen molar-refractivity contribution in [1.29, 1.82) is 0 Å². The molecule has 7 heteroatoms. The number of hydrogen-bond acceptors (Lipinski definition) is 5. The smallest absolute Gasteiger partial charge is 0.337 e. The van der Waals surface area contributed by atoms with Gasteiger partial charge in [0.05, 0.1) is 11.3 Å². The molecule has 25 heavy (non-hydrogen) atoms. The second-order valence-corrected chi connectivity index (χ2v) is 5.62. The summed E-state index contributed by atoms with van der Waals surface area (Å²) in [6, 6.07) is 8.51. The minimum atomic E-state index is -1.06. The number of amides is 1. The van der Waals surface area contributed by atoms with E-state index < -0.39 is 5.97 Å². The Morgan fingerprint density at radius 3 is 2.64 bits per heavy atom. The maximum absolute atomic E-state index is 12.1. The topological polar surface area (TPSA) is 97.8 Å². The van der Waals surface area contributed by atoms with Crippen LogP contribution in [0, 0.1) is 6.92 Å². The van der Waals surface area contributed by atoms with Gasteiger partial charge in [-0.3, -0.25) is 4.79 Å². The van der Waals surface area contributed by atoms with Gasteiger partial charge in [-0.2, -0.15) is 0 Å². The van der Waals surface area contributed by atoms with Crippen molar-refractivity contribution in [2.75, 3.05) is 19.8 Å². The molecule has 1 aromatic carbocycles. The molecule has 0 atom stereocenters. The van der Waals surface area contributed by atoms with E-state index >= 15 is 0 Å². The number of benzene rings is 1. The summed E-state index contributed by atoms with van der Waals surface area (Å²) in [5.74, 6) is 0.0574. The van der Waals surface area contributed by atoms with Crippen LogP contribution in [0.25, 0.3) is 0 Å². The molecule has 7 nitrogen and oxygen atoms in total. The Hall–Kier alpha value is -3.09. The van der Waals surface area contributed by atoms with Crippen molar-refractivity contribution < 1.29 is 24.2 Å². The molecule has 130 valence electrons. The van der Waals surface area contributed by atoms with Gasteiger partial charge < -0.3 is 19.9 Å². The van der Waals surface area contributed by atoms with Crippen LogP contribution >= 0.6 is 0 Å². The fraction of sp³-hybridized carbons (Fsp3) is 0.278. The number of aromatic carboxylic acids is 1. The van der Waals surface area contributed by atoms with E-state index in [2.05, 4.69) is 10.3 Å². The van der Waals surface area contributed by atoms with Gasteiger partial charge in [0.25, 0.3) is 5.91 Å². The van der Waals surface area contributed by atoms with Gasteiger partial charge in [0.1, 0.15) is 18.9 Å². The Morgan fingerprint density at radius 2 is 1.92 bits per heavy atom. The highest BCUT2D eigenvalue weighted by Crippen LogP contribution is 2.30. The molecule has 0 bridgehead atoms. The van der Waals surface area contributed by atoms with Crippen molar-refractivity contribution in [3.63, 3.8) is 0 Å². The van der Waals surface area contributed by atoms with Crippen LogP contribution in [-0.4, -0.2) is 41.7 Å². The fourth-order valence-electron chi connectivity index (χ4n) is 2.57. The number of pyridine rings is 1. The zero-order valence-electron chi connectivity index (χ0n) is 13.7. The number of nitrogens with zero attached hydrogens (tertiary/aromatic N) is 1. The van der Waals surface area contributed by atoms with Gasteiger partial charge in [-0.15, -0.1) is 0 Å². The zero-order valence-corrected chi connectivity index (χ0v) is 13.7. The highest BCUT2D eigenvalue weighted by Gasteiger charge is 2.14. The standard InChI is InChI=1S/C18H18N2O5/c1-11-13(18(22)23)3-4-14(20-11)17(21)19-7-6-12-2-5-15-16(10-12)25-9-8-24-15/h2-5,10H,6-9H2,1H3,(H,19,21)(H,22,23). The summed E-state index contributed by atoms with van der Waals surface area (Å²) < 4.78 is 11.0. The van der Waals surface area contributed by atoms with Gasteiger partial charge in [0.2, 0.25) is 0 Å². The number of aryl methyl sites for hydroxylation is 1. The lowest BCUT2D eigenvalue weighted by Crippen LogP contribution is -2.27. The van der Waals surface area contributed by atoms with Gasteiger partial charge in [0.15, 0.2) is 11.5 Å². The van der Waals surface area contributed by atoms with Gasteiger partial charge in [0, 0.05) is 6.54 Å². The Bertz CT molecular complexity index is 819. The van der Waals surface area contributed by atoms with E-state index in [1.165, 1.54) is 12.1 Å². The number of rotatable bonds is 5. The van der Waals surface area contributed by atoms with Gasteiger partial charge >= 0.3 is 5.97 Å². The average molecular weight is 342 g/mol. The Kier molecular flexibility index (Phi) is 4.83. The van der Waals surface area contributed by atoms with E-state index in [0.29, 0.717) is 31.9 Å².